The van der Waals surface area contributed by atoms with E-state index in [0.29, 0.717) is 34.3 Å². The minimum Gasteiger partial charge on any atom is -0.456 e. The van der Waals surface area contributed by atoms with Gasteiger partial charge in [0.25, 0.3) is 5.91 Å². The lowest BCUT2D eigenvalue weighted by Crippen LogP contribution is -2.21. The van der Waals surface area contributed by atoms with Gasteiger partial charge in [0.2, 0.25) is 5.91 Å². The Morgan fingerprint density at radius 2 is 1.61 bits per heavy atom. The highest BCUT2D eigenvalue weighted by molar-refractivity contribution is 9.10. The molecule has 0 spiro atoms. The first-order valence-corrected chi connectivity index (χ1v) is 12.4. The summed E-state index contributed by atoms with van der Waals surface area (Å²) in [5.74, 6) is -0.0748. The van der Waals surface area contributed by atoms with Crippen LogP contribution in [0.3, 0.4) is 0 Å². The van der Waals surface area contributed by atoms with Crippen LogP contribution in [-0.4, -0.2) is 24.4 Å². The molecule has 0 aliphatic carbocycles. The highest BCUT2D eigenvalue weighted by atomic mass is 79.9. The average Bonchev–Trinajstić information content (AvgIpc) is 2.84. The van der Waals surface area contributed by atoms with E-state index in [1.54, 1.807) is 36.4 Å². The van der Waals surface area contributed by atoms with Crippen LogP contribution in [0.1, 0.15) is 30.4 Å². The molecule has 0 unspecified atom stereocenters. The number of ether oxygens (including phenoxy) is 2. The SMILES string of the molecule is Cc1cc(NC(=O)COC(=O)CCCC(=O)Nc2ccc(Oc3ccccc3Cl)cc2)c(C)cc1Br. The summed E-state index contributed by atoms with van der Waals surface area (Å²) in [6, 6.07) is 17.8. The van der Waals surface area contributed by atoms with E-state index in [-0.39, 0.29) is 25.4 Å². The van der Waals surface area contributed by atoms with Crippen molar-refractivity contribution in [2.24, 2.45) is 0 Å². The Morgan fingerprint density at radius 3 is 2.33 bits per heavy atom. The second kappa shape index (κ2) is 13.1. The number of hydrogen-bond acceptors (Lipinski definition) is 5. The van der Waals surface area contributed by atoms with Gasteiger partial charge in [0.1, 0.15) is 11.5 Å². The van der Waals surface area contributed by atoms with Crippen molar-refractivity contribution >= 4 is 56.7 Å². The van der Waals surface area contributed by atoms with E-state index in [1.807, 2.05) is 38.1 Å². The van der Waals surface area contributed by atoms with Gasteiger partial charge < -0.3 is 20.1 Å². The zero-order valence-electron chi connectivity index (χ0n) is 19.9. The predicted octanol–water partition coefficient (Wildman–Crippen LogP) is 6.80. The number of hydrogen-bond donors (Lipinski definition) is 2. The average molecular weight is 574 g/mol. The molecular formula is C27H26BrClN2O5. The fraction of sp³-hybridized carbons (Fsp3) is 0.222. The number of aryl methyl sites for hydroxylation is 2. The summed E-state index contributed by atoms with van der Waals surface area (Å²) >= 11 is 9.54. The van der Waals surface area contributed by atoms with Crippen LogP contribution < -0.4 is 15.4 Å². The summed E-state index contributed by atoms with van der Waals surface area (Å²) in [7, 11) is 0. The molecule has 0 saturated heterocycles. The third-order valence-corrected chi connectivity index (χ3v) is 6.30. The highest BCUT2D eigenvalue weighted by Crippen LogP contribution is 2.29. The molecule has 0 radical (unpaired) electrons. The van der Waals surface area contributed by atoms with E-state index >= 15 is 0 Å². The Balaban J connectivity index is 1.35. The lowest BCUT2D eigenvalue weighted by Gasteiger charge is -2.11. The second-order valence-electron chi connectivity index (χ2n) is 8.08. The molecule has 3 rings (SSSR count). The number of carbonyl (C=O) groups excluding carboxylic acids is 3. The number of carbonyl (C=O) groups is 3. The molecule has 0 aromatic heterocycles. The quantitative estimate of drug-likeness (QED) is 0.260. The Hall–Kier alpha value is -3.36. The molecule has 3 aromatic rings. The molecule has 7 nitrogen and oxygen atoms in total. The molecule has 0 aliphatic rings. The fourth-order valence-electron chi connectivity index (χ4n) is 3.20. The molecule has 0 fully saturated rings. The summed E-state index contributed by atoms with van der Waals surface area (Å²) < 4.78 is 11.7. The van der Waals surface area contributed by atoms with Gasteiger partial charge in [-0.25, -0.2) is 0 Å². The summed E-state index contributed by atoms with van der Waals surface area (Å²) in [5.41, 5.74) is 3.13. The third-order valence-electron chi connectivity index (χ3n) is 5.13. The number of esters is 1. The van der Waals surface area contributed by atoms with Crippen LogP contribution in [0.2, 0.25) is 5.02 Å². The monoisotopic (exact) mass is 572 g/mol. The first kappa shape index (κ1) is 27.2. The third kappa shape index (κ3) is 8.39. The van der Waals surface area contributed by atoms with Crippen molar-refractivity contribution in [3.8, 4) is 11.5 Å². The maximum absolute atomic E-state index is 12.2. The van der Waals surface area contributed by atoms with Gasteiger partial charge >= 0.3 is 5.97 Å². The van der Waals surface area contributed by atoms with E-state index < -0.39 is 11.9 Å². The predicted molar refractivity (Wildman–Crippen MR) is 144 cm³/mol. The van der Waals surface area contributed by atoms with Crippen molar-refractivity contribution in [2.75, 3.05) is 17.2 Å². The molecule has 36 heavy (non-hydrogen) atoms. The minimum absolute atomic E-state index is 0.0295. The molecule has 9 heteroatoms. The molecule has 0 atom stereocenters. The first-order chi connectivity index (χ1) is 17.2. The standard InChI is InChI=1S/C27H26BrClN2O5/c1-17-15-23(18(2)14-21(17)28)31-26(33)16-35-27(34)9-5-8-25(32)30-19-10-12-20(13-11-19)36-24-7-4-3-6-22(24)29/h3-4,6-7,10-15H,5,8-9,16H2,1-2H3,(H,30,32)(H,31,33). The summed E-state index contributed by atoms with van der Waals surface area (Å²) in [4.78, 5) is 36.3. The summed E-state index contributed by atoms with van der Waals surface area (Å²) in [6.07, 6.45) is 0.462. The number of benzene rings is 3. The van der Waals surface area contributed by atoms with Gasteiger partial charge in [-0.1, -0.05) is 39.7 Å². The Labute approximate surface area is 223 Å². The van der Waals surface area contributed by atoms with Crippen molar-refractivity contribution in [1.29, 1.82) is 0 Å². The zero-order valence-corrected chi connectivity index (χ0v) is 22.2. The molecule has 0 saturated carbocycles. The zero-order chi connectivity index (χ0) is 26.1. The van der Waals surface area contributed by atoms with Gasteiger partial charge in [0.15, 0.2) is 6.61 Å². The Bertz CT molecular complexity index is 1250. The molecule has 3 aromatic carbocycles. The van der Waals surface area contributed by atoms with E-state index in [2.05, 4.69) is 26.6 Å². The maximum Gasteiger partial charge on any atom is 0.306 e. The number of rotatable bonds is 10. The second-order valence-corrected chi connectivity index (χ2v) is 9.35. The number of nitrogens with one attached hydrogen (secondary N) is 2. The minimum atomic E-state index is -0.539. The van der Waals surface area contributed by atoms with Crippen LogP contribution in [0.4, 0.5) is 11.4 Å². The van der Waals surface area contributed by atoms with Crippen LogP contribution in [0.5, 0.6) is 11.5 Å². The number of halogens is 2. The van der Waals surface area contributed by atoms with Crippen molar-refractivity contribution in [1.82, 2.24) is 0 Å². The lowest BCUT2D eigenvalue weighted by atomic mass is 10.1. The largest absolute Gasteiger partial charge is 0.456 e. The number of para-hydroxylation sites is 1. The highest BCUT2D eigenvalue weighted by Gasteiger charge is 2.12. The van der Waals surface area contributed by atoms with Gasteiger partial charge in [-0.3, -0.25) is 14.4 Å². The van der Waals surface area contributed by atoms with Crippen LogP contribution in [0.15, 0.2) is 65.1 Å². The van der Waals surface area contributed by atoms with E-state index in [1.165, 1.54) is 0 Å². The normalized spacial score (nSPS) is 10.4. The molecule has 2 N–H and O–H groups in total. The van der Waals surface area contributed by atoms with E-state index in [9.17, 15) is 14.4 Å². The van der Waals surface area contributed by atoms with Crippen LogP contribution >= 0.6 is 27.5 Å². The van der Waals surface area contributed by atoms with Crippen molar-refractivity contribution in [2.45, 2.75) is 33.1 Å². The lowest BCUT2D eigenvalue weighted by molar-refractivity contribution is -0.147. The molecular weight excluding hydrogens is 548 g/mol. The van der Waals surface area contributed by atoms with Crippen molar-refractivity contribution in [3.63, 3.8) is 0 Å². The van der Waals surface area contributed by atoms with Gasteiger partial charge in [0.05, 0.1) is 5.02 Å². The number of amides is 2. The molecule has 0 heterocycles. The fourth-order valence-corrected chi connectivity index (χ4v) is 3.83. The van der Waals surface area contributed by atoms with E-state index in [0.717, 1.165) is 15.6 Å². The van der Waals surface area contributed by atoms with Crippen LogP contribution in [0, 0.1) is 13.8 Å². The molecule has 0 bridgehead atoms. The van der Waals surface area contributed by atoms with Crippen LogP contribution in [0.25, 0.3) is 0 Å². The summed E-state index contributed by atoms with van der Waals surface area (Å²) in [5, 5.41) is 6.01. The Kier molecular flexibility index (Phi) is 9.90. The van der Waals surface area contributed by atoms with Crippen molar-refractivity contribution in [3.05, 3.63) is 81.3 Å². The van der Waals surface area contributed by atoms with Gasteiger partial charge in [-0.2, -0.15) is 0 Å². The van der Waals surface area contributed by atoms with Gasteiger partial charge in [-0.05, 0) is 79.9 Å². The van der Waals surface area contributed by atoms with Gasteiger partial charge in [-0.15, -0.1) is 0 Å². The molecule has 188 valence electrons. The smallest absolute Gasteiger partial charge is 0.306 e. The number of anilines is 2. The maximum atomic E-state index is 12.2. The Morgan fingerprint density at radius 1 is 0.889 bits per heavy atom. The molecule has 2 amide bonds. The molecule has 0 aliphatic heterocycles. The van der Waals surface area contributed by atoms with Crippen LogP contribution in [-0.2, 0) is 19.1 Å². The summed E-state index contributed by atoms with van der Waals surface area (Å²) in [6.45, 7) is 3.41. The van der Waals surface area contributed by atoms with Gasteiger partial charge in [0, 0.05) is 28.7 Å². The topological polar surface area (TPSA) is 93.7 Å². The van der Waals surface area contributed by atoms with E-state index in [4.69, 9.17) is 21.1 Å². The van der Waals surface area contributed by atoms with Crippen molar-refractivity contribution < 1.29 is 23.9 Å². The first-order valence-electron chi connectivity index (χ1n) is 11.3.